The minimum absolute atomic E-state index is 0.194. The number of nitrogens with one attached hydrogen (secondary N) is 3. The topological polar surface area (TPSA) is 53.2 Å². The van der Waals surface area contributed by atoms with E-state index in [0.717, 1.165) is 11.4 Å². The molecule has 1 saturated carbocycles. The molecule has 4 nitrogen and oxygen atoms in total. The summed E-state index contributed by atoms with van der Waals surface area (Å²) in [6.07, 6.45) is 5.01. The van der Waals surface area contributed by atoms with Crippen molar-refractivity contribution in [3.8, 4) is 0 Å². The maximum absolute atomic E-state index is 11.2. The lowest BCUT2D eigenvalue weighted by Crippen LogP contribution is -2.29. The first-order valence-corrected chi connectivity index (χ1v) is 7.34. The van der Waals surface area contributed by atoms with E-state index in [1.165, 1.54) is 25.7 Å². The van der Waals surface area contributed by atoms with E-state index >= 15 is 0 Å². The molecule has 0 aromatic heterocycles. The van der Waals surface area contributed by atoms with Crippen LogP contribution in [0.3, 0.4) is 0 Å². The number of hydrogen-bond acceptors (Lipinski definition) is 2. The molecular weight excluding hydrogens is 250 g/mol. The average molecular weight is 275 g/mol. The van der Waals surface area contributed by atoms with Crippen LogP contribution in [0.2, 0.25) is 0 Å². The molecule has 110 valence electrons. The van der Waals surface area contributed by atoms with Crippen LogP contribution in [0.4, 0.5) is 16.2 Å². The van der Waals surface area contributed by atoms with Crippen molar-refractivity contribution in [3.63, 3.8) is 0 Å². The lowest BCUT2D eigenvalue weighted by Gasteiger charge is -2.35. The number of carbonyl (C=O) groups excluding carboxylic acids is 1. The molecule has 0 spiro atoms. The molecule has 3 N–H and O–H groups in total. The molecule has 4 heteroatoms. The molecule has 2 amide bonds. The lowest BCUT2D eigenvalue weighted by molar-refractivity contribution is 0.232. The molecule has 2 rings (SSSR count). The molecule has 0 heterocycles. The summed E-state index contributed by atoms with van der Waals surface area (Å²) in [6, 6.07) is 8.26. The Morgan fingerprint density at radius 3 is 2.20 bits per heavy atom. The standard InChI is InChI=1S/C16H25N3O/c1-16(2)10-8-14(9-11-16)18-12-4-6-13(7-5-12)19-15(20)17-3/h4-7,14,18H,8-11H2,1-3H3,(H2,17,19,20). The van der Waals surface area contributed by atoms with Crippen molar-refractivity contribution in [1.29, 1.82) is 0 Å². The summed E-state index contributed by atoms with van der Waals surface area (Å²) in [7, 11) is 1.61. The number of urea groups is 1. The van der Waals surface area contributed by atoms with E-state index < -0.39 is 0 Å². The molecule has 1 aliphatic rings. The van der Waals surface area contributed by atoms with E-state index in [-0.39, 0.29) is 6.03 Å². The Balaban J connectivity index is 1.86. The van der Waals surface area contributed by atoms with Crippen molar-refractivity contribution in [2.75, 3.05) is 17.7 Å². The highest BCUT2D eigenvalue weighted by molar-refractivity contribution is 5.89. The van der Waals surface area contributed by atoms with Gasteiger partial charge in [0.05, 0.1) is 0 Å². The molecule has 0 bridgehead atoms. The van der Waals surface area contributed by atoms with Crippen LogP contribution in [0.1, 0.15) is 39.5 Å². The Bertz CT molecular complexity index is 443. The summed E-state index contributed by atoms with van der Waals surface area (Å²) < 4.78 is 0. The Morgan fingerprint density at radius 2 is 1.65 bits per heavy atom. The maximum atomic E-state index is 11.2. The van der Waals surface area contributed by atoms with Gasteiger partial charge in [0.25, 0.3) is 0 Å². The quantitative estimate of drug-likeness (QED) is 0.785. The number of benzene rings is 1. The summed E-state index contributed by atoms with van der Waals surface area (Å²) in [5.41, 5.74) is 2.43. The SMILES string of the molecule is CNC(=O)Nc1ccc(NC2CCC(C)(C)CC2)cc1. The van der Waals surface area contributed by atoms with Gasteiger partial charge in [-0.05, 0) is 55.4 Å². The molecule has 1 aromatic carbocycles. The summed E-state index contributed by atoms with van der Waals surface area (Å²) in [5, 5.41) is 8.88. The number of rotatable bonds is 3. The summed E-state index contributed by atoms with van der Waals surface area (Å²) in [4.78, 5) is 11.2. The van der Waals surface area contributed by atoms with Crippen LogP contribution >= 0.6 is 0 Å². The molecule has 0 unspecified atom stereocenters. The maximum Gasteiger partial charge on any atom is 0.318 e. The Labute approximate surface area is 121 Å². The second kappa shape index (κ2) is 6.16. The van der Waals surface area contributed by atoms with Crippen LogP contribution < -0.4 is 16.0 Å². The minimum atomic E-state index is -0.194. The fourth-order valence-electron chi connectivity index (χ4n) is 2.62. The zero-order valence-electron chi connectivity index (χ0n) is 12.6. The first-order valence-electron chi connectivity index (χ1n) is 7.34. The van der Waals surface area contributed by atoms with Gasteiger partial charge in [0, 0.05) is 24.5 Å². The molecule has 1 aliphatic carbocycles. The van der Waals surface area contributed by atoms with E-state index in [0.29, 0.717) is 11.5 Å². The average Bonchev–Trinajstić information content (AvgIpc) is 2.43. The van der Waals surface area contributed by atoms with Crippen LogP contribution in [0.25, 0.3) is 0 Å². The third-order valence-electron chi connectivity index (χ3n) is 4.08. The highest BCUT2D eigenvalue weighted by Crippen LogP contribution is 2.36. The number of amides is 2. The van der Waals surface area contributed by atoms with E-state index in [9.17, 15) is 4.79 Å². The zero-order chi connectivity index (χ0) is 14.6. The molecule has 0 aliphatic heterocycles. The fraction of sp³-hybridized carbons (Fsp3) is 0.562. The molecule has 0 radical (unpaired) electrons. The van der Waals surface area contributed by atoms with Gasteiger partial charge in [0.1, 0.15) is 0 Å². The normalized spacial score (nSPS) is 18.4. The second-order valence-electron chi connectivity index (χ2n) is 6.36. The van der Waals surface area contributed by atoms with Gasteiger partial charge in [-0.15, -0.1) is 0 Å². The van der Waals surface area contributed by atoms with Crippen LogP contribution in [-0.2, 0) is 0 Å². The third kappa shape index (κ3) is 4.15. The van der Waals surface area contributed by atoms with Gasteiger partial charge in [0.15, 0.2) is 0 Å². The Hall–Kier alpha value is -1.71. The molecule has 0 saturated heterocycles. The summed E-state index contributed by atoms with van der Waals surface area (Å²) >= 11 is 0. The van der Waals surface area contributed by atoms with Crippen LogP contribution in [0, 0.1) is 5.41 Å². The van der Waals surface area contributed by atoms with Crippen molar-refractivity contribution >= 4 is 17.4 Å². The van der Waals surface area contributed by atoms with E-state index in [2.05, 4.69) is 29.8 Å². The zero-order valence-corrected chi connectivity index (χ0v) is 12.6. The minimum Gasteiger partial charge on any atom is -0.382 e. The Morgan fingerprint density at radius 1 is 1.10 bits per heavy atom. The first-order chi connectivity index (χ1) is 9.48. The largest absolute Gasteiger partial charge is 0.382 e. The smallest absolute Gasteiger partial charge is 0.318 e. The molecule has 20 heavy (non-hydrogen) atoms. The van der Waals surface area contributed by atoms with Crippen LogP contribution in [0.5, 0.6) is 0 Å². The van der Waals surface area contributed by atoms with Crippen molar-refractivity contribution in [2.24, 2.45) is 5.41 Å². The summed E-state index contributed by atoms with van der Waals surface area (Å²) in [6.45, 7) is 4.70. The van der Waals surface area contributed by atoms with Crippen molar-refractivity contribution < 1.29 is 4.79 Å². The summed E-state index contributed by atoms with van der Waals surface area (Å²) in [5.74, 6) is 0. The molecular formula is C16H25N3O. The molecule has 0 atom stereocenters. The van der Waals surface area contributed by atoms with Gasteiger partial charge in [0.2, 0.25) is 0 Å². The van der Waals surface area contributed by atoms with Gasteiger partial charge in [-0.25, -0.2) is 4.79 Å². The van der Waals surface area contributed by atoms with Gasteiger partial charge in [-0.3, -0.25) is 0 Å². The predicted molar refractivity (Wildman–Crippen MR) is 84.2 cm³/mol. The van der Waals surface area contributed by atoms with Gasteiger partial charge in [-0.1, -0.05) is 13.8 Å². The van der Waals surface area contributed by atoms with E-state index in [1.54, 1.807) is 7.05 Å². The van der Waals surface area contributed by atoms with E-state index in [1.807, 2.05) is 24.3 Å². The van der Waals surface area contributed by atoms with Gasteiger partial charge < -0.3 is 16.0 Å². The third-order valence-corrected chi connectivity index (χ3v) is 4.08. The highest BCUT2D eigenvalue weighted by Gasteiger charge is 2.26. The number of anilines is 2. The van der Waals surface area contributed by atoms with Crippen LogP contribution in [0.15, 0.2) is 24.3 Å². The fourth-order valence-corrected chi connectivity index (χ4v) is 2.62. The predicted octanol–water partition coefficient (Wildman–Crippen LogP) is 3.82. The van der Waals surface area contributed by atoms with Crippen molar-refractivity contribution in [1.82, 2.24) is 5.32 Å². The van der Waals surface area contributed by atoms with E-state index in [4.69, 9.17) is 0 Å². The van der Waals surface area contributed by atoms with Gasteiger partial charge in [-0.2, -0.15) is 0 Å². The van der Waals surface area contributed by atoms with Crippen molar-refractivity contribution in [2.45, 2.75) is 45.6 Å². The molecule has 1 aromatic rings. The first kappa shape index (κ1) is 14.7. The van der Waals surface area contributed by atoms with Crippen molar-refractivity contribution in [3.05, 3.63) is 24.3 Å². The highest BCUT2D eigenvalue weighted by atomic mass is 16.2. The number of carbonyl (C=O) groups is 1. The Kier molecular flexibility index (Phi) is 4.53. The molecule has 1 fully saturated rings. The second-order valence-corrected chi connectivity index (χ2v) is 6.36. The monoisotopic (exact) mass is 275 g/mol. The number of hydrogen-bond donors (Lipinski definition) is 3. The van der Waals surface area contributed by atoms with Crippen LogP contribution in [-0.4, -0.2) is 19.1 Å². The lowest BCUT2D eigenvalue weighted by atomic mass is 9.75. The van der Waals surface area contributed by atoms with Gasteiger partial charge >= 0.3 is 6.03 Å².